The van der Waals surface area contributed by atoms with Gasteiger partial charge < -0.3 is 5.32 Å². The normalized spacial score (nSPS) is 9.31. The molecule has 0 aromatic carbocycles. The van der Waals surface area contributed by atoms with Crippen LogP contribution in [0.15, 0.2) is 36.7 Å². The van der Waals surface area contributed by atoms with Gasteiger partial charge in [-0.1, -0.05) is 13.5 Å². The van der Waals surface area contributed by atoms with E-state index in [-0.39, 0.29) is 5.91 Å². The average molecular weight is 176 g/mol. The summed E-state index contributed by atoms with van der Waals surface area (Å²) in [5.41, 5.74) is 1.33. The quantitative estimate of drug-likeness (QED) is 0.715. The van der Waals surface area contributed by atoms with Gasteiger partial charge in [0.2, 0.25) is 0 Å². The van der Waals surface area contributed by atoms with Crippen molar-refractivity contribution >= 4 is 11.6 Å². The molecule has 1 amide bonds. The standard InChI is InChI=1S/C10H12N2O/c1-3-8(2)10(13)12-9-4-6-11-7-5-9/h4-7H,2-3H2,1H3,(H,11,12,13). The van der Waals surface area contributed by atoms with E-state index in [1.54, 1.807) is 24.5 Å². The fraction of sp³-hybridized carbons (Fsp3) is 0.200. The highest BCUT2D eigenvalue weighted by molar-refractivity contribution is 6.03. The molecule has 1 N–H and O–H groups in total. The summed E-state index contributed by atoms with van der Waals surface area (Å²) in [6.45, 7) is 5.54. The van der Waals surface area contributed by atoms with Gasteiger partial charge in [0.1, 0.15) is 0 Å². The molecular weight excluding hydrogens is 164 g/mol. The Balaban J connectivity index is 2.60. The Hall–Kier alpha value is -1.64. The number of pyridine rings is 1. The highest BCUT2D eigenvalue weighted by Crippen LogP contribution is 2.06. The topological polar surface area (TPSA) is 42.0 Å². The molecule has 0 fully saturated rings. The molecule has 0 unspecified atom stereocenters. The van der Waals surface area contributed by atoms with Gasteiger partial charge in [-0.25, -0.2) is 0 Å². The predicted molar refractivity (Wildman–Crippen MR) is 52.3 cm³/mol. The van der Waals surface area contributed by atoms with Gasteiger partial charge in [-0.15, -0.1) is 0 Å². The van der Waals surface area contributed by atoms with E-state index in [0.29, 0.717) is 12.0 Å². The second-order valence-corrected chi connectivity index (χ2v) is 2.65. The van der Waals surface area contributed by atoms with Crippen LogP contribution in [0, 0.1) is 0 Å². The van der Waals surface area contributed by atoms with Crippen molar-refractivity contribution in [2.24, 2.45) is 0 Å². The molecule has 0 saturated carbocycles. The van der Waals surface area contributed by atoms with Crippen molar-refractivity contribution in [2.45, 2.75) is 13.3 Å². The minimum absolute atomic E-state index is 0.131. The van der Waals surface area contributed by atoms with Gasteiger partial charge in [-0.05, 0) is 18.6 Å². The van der Waals surface area contributed by atoms with Crippen LogP contribution in [-0.4, -0.2) is 10.9 Å². The van der Waals surface area contributed by atoms with E-state index in [0.717, 1.165) is 5.69 Å². The lowest BCUT2D eigenvalue weighted by atomic mass is 10.2. The summed E-state index contributed by atoms with van der Waals surface area (Å²) >= 11 is 0. The summed E-state index contributed by atoms with van der Waals surface area (Å²) in [5, 5.41) is 2.71. The minimum atomic E-state index is -0.131. The van der Waals surface area contributed by atoms with Crippen molar-refractivity contribution < 1.29 is 4.79 Å². The van der Waals surface area contributed by atoms with Crippen molar-refractivity contribution in [3.63, 3.8) is 0 Å². The highest BCUT2D eigenvalue weighted by atomic mass is 16.1. The van der Waals surface area contributed by atoms with Crippen LogP contribution >= 0.6 is 0 Å². The van der Waals surface area contributed by atoms with E-state index < -0.39 is 0 Å². The Bertz CT molecular complexity index is 306. The van der Waals surface area contributed by atoms with E-state index in [9.17, 15) is 4.79 Å². The van der Waals surface area contributed by atoms with Crippen LogP contribution < -0.4 is 5.32 Å². The zero-order valence-corrected chi connectivity index (χ0v) is 7.58. The molecule has 13 heavy (non-hydrogen) atoms. The Labute approximate surface area is 77.5 Å². The Morgan fingerprint density at radius 3 is 2.69 bits per heavy atom. The zero-order chi connectivity index (χ0) is 9.68. The first-order chi connectivity index (χ1) is 6.24. The molecule has 0 aliphatic rings. The summed E-state index contributed by atoms with van der Waals surface area (Å²) < 4.78 is 0. The molecule has 0 atom stereocenters. The summed E-state index contributed by atoms with van der Waals surface area (Å²) in [4.78, 5) is 15.2. The van der Waals surface area contributed by atoms with E-state index in [1.165, 1.54) is 0 Å². The second-order valence-electron chi connectivity index (χ2n) is 2.65. The maximum Gasteiger partial charge on any atom is 0.250 e. The van der Waals surface area contributed by atoms with Crippen LogP contribution in [0.1, 0.15) is 13.3 Å². The second kappa shape index (κ2) is 4.40. The minimum Gasteiger partial charge on any atom is -0.322 e. The summed E-state index contributed by atoms with van der Waals surface area (Å²) in [5.74, 6) is -0.131. The van der Waals surface area contributed by atoms with Crippen molar-refractivity contribution in [3.8, 4) is 0 Å². The van der Waals surface area contributed by atoms with Crippen LogP contribution in [0.25, 0.3) is 0 Å². The van der Waals surface area contributed by atoms with Gasteiger partial charge in [0.25, 0.3) is 5.91 Å². The van der Waals surface area contributed by atoms with Crippen molar-refractivity contribution in [3.05, 3.63) is 36.7 Å². The first-order valence-corrected chi connectivity index (χ1v) is 4.13. The summed E-state index contributed by atoms with van der Waals surface area (Å²) in [6, 6.07) is 3.47. The molecule has 0 saturated heterocycles. The largest absolute Gasteiger partial charge is 0.322 e. The van der Waals surface area contributed by atoms with Crippen LogP contribution in [0.5, 0.6) is 0 Å². The molecule has 0 radical (unpaired) electrons. The van der Waals surface area contributed by atoms with Crippen molar-refractivity contribution in [2.75, 3.05) is 5.32 Å². The monoisotopic (exact) mass is 176 g/mol. The van der Waals surface area contributed by atoms with Crippen LogP contribution in [0.4, 0.5) is 5.69 Å². The van der Waals surface area contributed by atoms with Crippen molar-refractivity contribution in [1.29, 1.82) is 0 Å². The molecule has 1 rings (SSSR count). The first-order valence-electron chi connectivity index (χ1n) is 4.13. The number of aromatic nitrogens is 1. The molecule has 0 spiro atoms. The third-order valence-corrected chi connectivity index (χ3v) is 1.69. The van der Waals surface area contributed by atoms with E-state index in [1.807, 2.05) is 6.92 Å². The number of anilines is 1. The van der Waals surface area contributed by atoms with Gasteiger partial charge in [0, 0.05) is 23.7 Å². The maximum absolute atomic E-state index is 11.3. The average Bonchev–Trinajstić information content (AvgIpc) is 2.18. The number of hydrogen-bond donors (Lipinski definition) is 1. The Morgan fingerprint density at radius 1 is 1.54 bits per heavy atom. The van der Waals surface area contributed by atoms with E-state index >= 15 is 0 Å². The number of carbonyl (C=O) groups is 1. The number of nitrogens with one attached hydrogen (secondary N) is 1. The SMILES string of the molecule is C=C(CC)C(=O)Nc1ccncc1. The van der Waals surface area contributed by atoms with Crippen LogP contribution in [0.3, 0.4) is 0 Å². The van der Waals surface area contributed by atoms with Gasteiger partial charge in [-0.3, -0.25) is 9.78 Å². The van der Waals surface area contributed by atoms with Crippen LogP contribution in [-0.2, 0) is 4.79 Å². The summed E-state index contributed by atoms with van der Waals surface area (Å²) in [7, 11) is 0. The number of amides is 1. The maximum atomic E-state index is 11.3. The lowest BCUT2D eigenvalue weighted by Gasteiger charge is -2.04. The predicted octanol–water partition coefficient (Wildman–Crippen LogP) is 1.99. The first kappa shape index (κ1) is 9.45. The molecule has 3 heteroatoms. The fourth-order valence-corrected chi connectivity index (χ4v) is 0.815. The molecule has 1 aromatic heterocycles. The molecule has 68 valence electrons. The highest BCUT2D eigenvalue weighted by Gasteiger charge is 2.03. The zero-order valence-electron chi connectivity index (χ0n) is 7.58. The van der Waals surface area contributed by atoms with Gasteiger partial charge >= 0.3 is 0 Å². The number of carbonyl (C=O) groups excluding carboxylic acids is 1. The molecule has 3 nitrogen and oxygen atoms in total. The third-order valence-electron chi connectivity index (χ3n) is 1.69. The lowest BCUT2D eigenvalue weighted by molar-refractivity contribution is -0.112. The van der Waals surface area contributed by atoms with E-state index in [4.69, 9.17) is 0 Å². The molecule has 0 aliphatic heterocycles. The van der Waals surface area contributed by atoms with Crippen LogP contribution in [0.2, 0.25) is 0 Å². The smallest absolute Gasteiger partial charge is 0.250 e. The molecule has 0 bridgehead atoms. The van der Waals surface area contributed by atoms with E-state index in [2.05, 4.69) is 16.9 Å². The number of rotatable bonds is 3. The Kier molecular flexibility index (Phi) is 3.20. The van der Waals surface area contributed by atoms with Crippen molar-refractivity contribution in [1.82, 2.24) is 4.98 Å². The van der Waals surface area contributed by atoms with Gasteiger partial charge in [0.05, 0.1) is 0 Å². The number of nitrogens with zero attached hydrogens (tertiary/aromatic N) is 1. The summed E-state index contributed by atoms with van der Waals surface area (Å²) in [6.07, 6.45) is 3.92. The van der Waals surface area contributed by atoms with Gasteiger partial charge in [0.15, 0.2) is 0 Å². The Morgan fingerprint density at radius 2 is 2.15 bits per heavy atom. The lowest BCUT2D eigenvalue weighted by Crippen LogP contribution is -2.12. The molecular formula is C10H12N2O. The molecule has 0 aliphatic carbocycles. The van der Waals surface area contributed by atoms with Gasteiger partial charge in [-0.2, -0.15) is 0 Å². The number of hydrogen-bond acceptors (Lipinski definition) is 2. The molecule has 1 heterocycles. The molecule has 1 aromatic rings. The third kappa shape index (κ3) is 2.71. The fourth-order valence-electron chi connectivity index (χ4n) is 0.815.